The van der Waals surface area contributed by atoms with Crippen molar-refractivity contribution in [2.75, 3.05) is 26.4 Å². The summed E-state index contributed by atoms with van der Waals surface area (Å²) < 4.78 is 11.7. The molecule has 11 atom stereocenters. The fourth-order valence-corrected chi connectivity index (χ4v) is 5.65. The van der Waals surface area contributed by atoms with Gasteiger partial charge in [0.2, 0.25) is 5.91 Å². The van der Waals surface area contributed by atoms with Crippen LogP contribution in [0.1, 0.15) is 71.1 Å². The number of ether oxygens (including phenoxy) is 2. The minimum Gasteiger partial charge on any atom is -0.396 e. The maximum Gasteiger partial charge on any atom is 0.219 e. The summed E-state index contributed by atoms with van der Waals surface area (Å²) in [5, 5.41) is 85.0. The van der Waals surface area contributed by atoms with E-state index in [4.69, 9.17) is 9.47 Å². The lowest BCUT2D eigenvalue weighted by molar-refractivity contribution is -0.256. The standard InChI is InChI=1S/C27H51NO11/c1-2-10-28-22(33)9-7-5-3-4-6-8-11-38-27(37)16-12-19(31)24(35)18(15-30)26(16)39-21-13-20(32)23(34)17(14-29)25(21)36/h16-21,23-27,29-32,34-37H,2-15H2,1H3,(H,28,33). The summed E-state index contributed by atoms with van der Waals surface area (Å²) in [5.41, 5.74) is 0. The van der Waals surface area contributed by atoms with E-state index in [0.29, 0.717) is 19.4 Å². The van der Waals surface area contributed by atoms with Gasteiger partial charge in [-0.15, -0.1) is 0 Å². The van der Waals surface area contributed by atoms with Gasteiger partial charge in [-0.3, -0.25) is 4.79 Å². The van der Waals surface area contributed by atoms with Gasteiger partial charge in [0.25, 0.3) is 0 Å². The van der Waals surface area contributed by atoms with Gasteiger partial charge in [0.15, 0.2) is 6.29 Å². The average Bonchev–Trinajstić information content (AvgIpc) is 2.91. The number of carbonyl (C=O) groups is 1. The zero-order chi connectivity index (χ0) is 28.9. The van der Waals surface area contributed by atoms with Gasteiger partial charge in [-0.1, -0.05) is 32.6 Å². The van der Waals surface area contributed by atoms with E-state index in [1.165, 1.54) is 0 Å². The zero-order valence-corrected chi connectivity index (χ0v) is 23.1. The summed E-state index contributed by atoms with van der Waals surface area (Å²) >= 11 is 0. The van der Waals surface area contributed by atoms with Crippen LogP contribution in [0, 0.1) is 17.8 Å². The highest BCUT2D eigenvalue weighted by molar-refractivity contribution is 5.75. The summed E-state index contributed by atoms with van der Waals surface area (Å²) in [6, 6.07) is 0. The fraction of sp³-hybridized carbons (Fsp3) is 0.963. The predicted octanol–water partition coefficient (Wildman–Crippen LogP) is -1.22. The van der Waals surface area contributed by atoms with E-state index in [1.54, 1.807) is 0 Å². The highest BCUT2D eigenvalue weighted by atomic mass is 16.6. The molecule has 230 valence electrons. The van der Waals surface area contributed by atoms with Crippen molar-refractivity contribution >= 4 is 5.91 Å². The lowest BCUT2D eigenvalue weighted by Gasteiger charge is -2.48. The normalized spacial score (nSPS) is 36.0. The second-order valence-electron chi connectivity index (χ2n) is 11.1. The molecule has 11 unspecified atom stereocenters. The molecule has 0 saturated heterocycles. The molecule has 0 aromatic rings. The maximum absolute atomic E-state index is 11.6. The summed E-state index contributed by atoms with van der Waals surface area (Å²) in [5.74, 6) is -2.80. The van der Waals surface area contributed by atoms with E-state index in [9.17, 15) is 45.6 Å². The second kappa shape index (κ2) is 17.8. The van der Waals surface area contributed by atoms with Gasteiger partial charge >= 0.3 is 0 Å². The molecule has 0 aliphatic heterocycles. The Hall–Kier alpha value is -0.930. The zero-order valence-electron chi connectivity index (χ0n) is 23.1. The molecular formula is C27H51NO11. The quantitative estimate of drug-likeness (QED) is 0.0753. The Bertz CT molecular complexity index is 686. The van der Waals surface area contributed by atoms with Crippen LogP contribution in [0.25, 0.3) is 0 Å². The Morgan fingerprint density at radius 1 is 0.846 bits per heavy atom. The summed E-state index contributed by atoms with van der Waals surface area (Å²) in [6.45, 7) is 1.82. The Morgan fingerprint density at radius 3 is 2.08 bits per heavy atom. The SMILES string of the molecule is CCCNC(=O)CCCCCCCCOC(O)C1CC(O)C(O)C(CO)C1OC1CC(O)C(O)C(CO)C1O. The van der Waals surface area contributed by atoms with Crippen LogP contribution in [0.15, 0.2) is 0 Å². The Kier molecular flexibility index (Phi) is 15.6. The molecule has 39 heavy (non-hydrogen) atoms. The van der Waals surface area contributed by atoms with Crippen LogP contribution in [0.4, 0.5) is 0 Å². The number of unbranched alkanes of at least 4 members (excludes halogenated alkanes) is 5. The Labute approximate surface area is 231 Å². The third-order valence-electron chi connectivity index (χ3n) is 8.10. The van der Waals surface area contributed by atoms with Crippen molar-refractivity contribution in [2.45, 2.75) is 120 Å². The average molecular weight is 566 g/mol. The van der Waals surface area contributed by atoms with Crippen LogP contribution in [-0.2, 0) is 14.3 Å². The first-order chi connectivity index (χ1) is 18.7. The number of carbonyl (C=O) groups excluding carboxylic acids is 1. The number of rotatable bonds is 17. The number of amides is 1. The Balaban J connectivity index is 1.84. The van der Waals surface area contributed by atoms with Crippen LogP contribution in [0.2, 0.25) is 0 Å². The molecule has 0 spiro atoms. The number of hydrogen-bond donors (Lipinski definition) is 9. The molecule has 2 aliphatic carbocycles. The van der Waals surface area contributed by atoms with E-state index in [-0.39, 0.29) is 25.4 Å². The molecule has 0 heterocycles. The minimum absolute atomic E-state index is 0.0766. The monoisotopic (exact) mass is 565 g/mol. The van der Waals surface area contributed by atoms with Gasteiger partial charge < -0.3 is 55.6 Å². The highest BCUT2D eigenvalue weighted by Crippen LogP contribution is 2.38. The molecule has 0 radical (unpaired) electrons. The van der Waals surface area contributed by atoms with Crippen LogP contribution >= 0.6 is 0 Å². The van der Waals surface area contributed by atoms with Crippen molar-refractivity contribution in [1.29, 1.82) is 0 Å². The summed E-state index contributed by atoms with van der Waals surface area (Å²) in [4.78, 5) is 11.6. The van der Waals surface area contributed by atoms with E-state index in [1.807, 2.05) is 6.92 Å². The molecule has 12 nitrogen and oxygen atoms in total. The van der Waals surface area contributed by atoms with Crippen LogP contribution < -0.4 is 5.32 Å². The van der Waals surface area contributed by atoms with Gasteiger partial charge in [-0.05, 0) is 25.7 Å². The topological polar surface area (TPSA) is 209 Å². The van der Waals surface area contributed by atoms with Crippen molar-refractivity contribution in [1.82, 2.24) is 5.32 Å². The van der Waals surface area contributed by atoms with Gasteiger partial charge in [-0.2, -0.15) is 0 Å². The van der Waals surface area contributed by atoms with Crippen LogP contribution in [-0.4, -0.2) is 122 Å². The summed E-state index contributed by atoms with van der Waals surface area (Å²) in [6.07, 6.45) is -3.42. The third-order valence-corrected chi connectivity index (χ3v) is 8.10. The first-order valence-corrected chi connectivity index (χ1v) is 14.5. The van der Waals surface area contributed by atoms with E-state index in [0.717, 1.165) is 38.5 Å². The number of aliphatic hydroxyl groups is 8. The maximum atomic E-state index is 11.6. The van der Waals surface area contributed by atoms with Crippen molar-refractivity contribution in [2.24, 2.45) is 17.8 Å². The van der Waals surface area contributed by atoms with Gasteiger partial charge in [0.05, 0.1) is 55.9 Å². The highest BCUT2D eigenvalue weighted by Gasteiger charge is 2.50. The molecular weight excluding hydrogens is 514 g/mol. The van der Waals surface area contributed by atoms with E-state index >= 15 is 0 Å². The van der Waals surface area contributed by atoms with Crippen LogP contribution in [0.5, 0.6) is 0 Å². The molecule has 2 fully saturated rings. The number of nitrogens with one attached hydrogen (secondary N) is 1. The smallest absolute Gasteiger partial charge is 0.219 e. The first-order valence-electron chi connectivity index (χ1n) is 14.5. The van der Waals surface area contributed by atoms with E-state index < -0.39 is 80.0 Å². The van der Waals surface area contributed by atoms with Crippen molar-refractivity contribution < 1.29 is 55.1 Å². The first kappa shape index (κ1) is 34.3. The van der Waals surface area contributed by atoms with Gasteiger partial charge in [0.1, 0.15) is 0 Å². The second-order valence-corrected chi connectivity index (χ2v) is 11.1. The van der Waals surface area contributed by atoms with E-state index in [2.05, 4.69) is 5.32 Å². The molecule has 1 amide bonds. The van der Waals surface area contributed by atoms with Crippen molar-refractivity contribution in [3.05, 3.63) is 0 Å². The molecule has 0 bridgehead atoms. The molecule has 0 aromatic carbocycles. The minimum atomic E-state index is -1.38. The van der Waals surface area contributed by atoms with Crippen LogP contribution in [0.3, 0.4) is 0 Å². The molecule has 0 aromatic heterocycles. The van der Waals surface area contributed by atoms with Gasteiger partial charge in [0, 0.05) is 43.7 Å². The predicted molar refractivity (Wildman–Crippen MR) is 140 cm³/mol. The lowest BCUT2D eigenvalue weighted by atomic mass is 9.74. The third kappa shape index (κ3) is 10.1. The lowest BCUT2D eigenvalue weighted by Crippen LogP contribution is -2.60. The largest absolute Gasteiger partial charge is 0.396 e. The summed E-state index contributed by atoms with van der Waals surface area (Å²) in [7, 11) is 0. The Morgan fingerprint density at radius 2 is 1.44 bits per heavy atom. The molecule has 12 heteroatoms. The number of hydrogen-bond acceptors (Lipinski definition) is 11. The molecule has 2 saturated carbocycles. The van der Waals surface area contributed by atoms with Gasteiger partial charge in [-0.25, -0.2) is 0 Å². The molecule has 2 rings (SSSR count). The van der Waals surface area contributed by atoms with Crippen molar-refractivity contribution in [3.63, 3.8) is 0 Å². The number of aliphatic hydroxyl groups excluding tert-OH is 8. The van der Waals surface area contributed by atoms with Crippen molar-refractivity contribution in [3.8, 4) is 0 Å². The fourth-order valence-electron chi connectivity index (χ4n) is 5.65. The molecule has 9 N–H and O–H groups in total. The molecule has 2 aliphatic rings.